The molecule has 0 aliphatic carbocycles. The number of carbonyl (C=O) groups is 1. The maximum absolute atomic E-state index is 12.1. The number of carbonyl (C=O) groups excluding carboxylic acids is 1. The van der Waals surface area contributed by atoms with E-state index in [0.29, 0.717) is 18.8 Å². The van der Waals surface area contributed by atoms with Gasteiger partial charge in [-0.05, 0) is 6.92 Å². The molecule has 2 aromatic rings. The number of halogens is 1. The van der Waals surface area contributed by atoms with Gasteiger partial charge in [0.05, 0.1) is 35.7 Å². The first kappa shape index (κ1) is 14.4. The monoisotopic (exact) mass is 315 g/mol. The number of likely N-dealkylation sites (N-methyl/N-ethyl adjacent to an activating group) is 1. The summed E-state index contributed by atoms with van der Waals surface area (Å²) < 4.78 is 0. The molecule has 0 spiro atoms. The second kappa shape index (κ2) is 6.45. The van der Waals surface area contributed by atoms with Gasteiger partial charge in [-0.15, -0.1) is 34.3 Å². The Morgan fingerprint density at radius 1 is 1.47 bits per heavy atom. The van der Waals surface area contributed by atoms with Crippen LogP contribution < -0.4 is 0 Å². The normalized spacial score (nSPS) is 10.7. The third-order valence-corrected chi connectivity index (χ3v) is 4.78. The minimum atomic E-state index is 0.0586. The molecule has 2 aromatic heterocycles. The lowest BCUT2D eigenvalue weighted by molar-refractivity contribution is -0.129. The molecule has 0 N–H and O–H groups in total. The molecular formula is C12H14ClN3OS2. The largest absolute Gasteiger partial charge is 0.340 e. The van der Waals surface area contributed by atoms with E-state index < -0.39 is 0 Å². The summed E-state index contributed by atoms with van der Waals surface area (Å²) in [6.07, 6.45) is 0.329. The van der Waals surface area contributed by atoms with Crippen LogP contribution in [0.25, 0.3) is 0 Å². The average molecular weight is 316 g/mol. The lowest BCUT2D eigenvalue weighted by Gasteiger charge is -2.15. The fourth-order valence-electron chi connectivity index (χ4n) is 1.54. The highest BCUT2D eigenvalue weighted by Crippen LogP contribution is 2.16. The maximum Gasteiger partial charge on any atom is 0.229 e. The topological polar surface area (TPSA) is 46.1 Å². The molecule has 19 heavy (non-hydrogen) atoms. The molecule has 1 amide bonds. The first-order chi connectivity index (χ1) is 9.10. The van der Waals surface area contributed by atoms with Gasteiger partial charge in [-0.1, -0.05) is 0 Å². The van der Waals surface area contributed by atoms with Crippen LogP contribution in [0.4, 0.5) is 0 Å². The molecule has 0 radical (unpaired) electrons. The van der Waals surface area contributed by atoms with Gasteiger partial charge in [-0.25, -0.2) is 9.97 Å². The Kier molecular flexibility index (Phi) is 4.90. The number of hydrogen-bond acceptors (Lipinski definition) is 5. The van der Waals surface area contributed by atoms with E-state index >= 15 is 0 Å². The van der Waals surface area contributed by atoms with Gasteiger partial charge in [0.25, 0.3) is 0 Å². The van der Waals surface area contributed by atoms with Crippen molar-refractivity contribution in [2.24, 2.45) is 0 Å². The van der Waals surface area contributed by atoms with Crippen molar-refractivity contribution in [3.05, 3.63) is 32.2 Å². The zero-order valence-corrected chi connectivity index (χ0v) is 13.1. The lowest BCUT2D eigenvalue weighted by Crippen LogP contribution is -2.27. The number of rotatable bonds is 5. The summed E-state index contributed by atoms with van der Waals surface area (Å²) in [5, 5.41) is 2.71. The van der Waals surface area contributed by atoms with Crippen LogP contribution in [-0.2, 0) is 23.6 Å². The number of thiazole rings is 2. The number of nitrogens with zero attached hydrogens (tertiary/aromatic N) is 3. The number of alkyl halides is 1. The Morgan fingerprint density at radius 2 is 2.26 bits per heavy atom. The summed E-state index contributed by atoms with van der Waals surface area (Å²) in [7, 11) is 1.80. The van der Waals surface area contributed by atoms with Gasteiger partial charge in [-0.3, -0.25) is 4.79 Å². The molecule has 0 atom stereocenters. The molecule has 2 heterocycles. The predicted octanol–water partition coefficient (Wildman–Crippen LogP) is 2.85. The molecule has 2 rings (SSSR count). The summed E-state index contributed by atoms with van der Waals surface area (Å²) in [5.41, 5.74) is 3.62. The molecule has 0 aromatic carbocycles. The van der Waals surface area contributed by atoms with Gasteiger partial charge in [0, 0.05) is 17.3 Å². The number of amides is 1. The van der Waals surface area contributed by atoms with Crippen LogP contribution in [0.1, 0.15) is 21.3 Å². The SMILES string of the molecule is Cc1ncsc1CN(C)C(=O)Cc1nc(CCl)cs1. The van der Waals surface area contributed by atoms with E-state index in [4.69, 9.17) is 11.6 Å². The van der Waals surface area contributed by atoms with Crippen molar-refractivity contribution in [1.29, 1.82) is 0 Å². The Morgan fingerprint density at radius 3 is 2.84 bits per heavy atom. The van der Waals surface area contributed by atoms with Gasteiger partial charge in [-0.2, -0.15) is 0 Å². The highest BCUT2D eigenvalue weighted by molar-refractivity contribution is 7.10. The molecule has 0 saturated heterocycles. The van der Waals surface area contributed by atoms with Crippen molar-refractivity contribution in [3.63, 3.8) is 0 Å². The van der Waals surface area contributed by atoms with Gasteiger partial charge in [0.2, 0.25) is 5.91 Å². The second-order valence-electron chi connectivity index (χ2n) is 4.15. The molecule has 0 bridgehead atoms. The van der Waals surface area contributed by atoms with E-state index in [0.717, 1.165) is 21.3 Å². The predicted molar refractivity (Wildman–Crippen MR) is 78.7 cm³/mol. The third kappa shape index (κ3) is 3.75. The zero-order chi connectivity index (χ0) is 13.8. The second-order valence-corrected chi connectivity index (χ2v) is 6.30. The van der Waals surface area contributed by atoms with E-state index in [9.17, 15) is 4.79 Å². The van der Waals surface area contributed by atoms with Gasteiger partial charge in [0.15, 0.2) is 0 Å². The molecule has 0 saturated carbocycles. The fraction of sp³-hybridized carbons (Fsp3) is 0.417. The molecule has 0 aliphatic rings. The van der Waals surface area contributed by atoms with Crippen LogP contribution >= 0.6 is 34.3 Å². The minimum absolute atomic E-state index is 0.0586. The van der Waals surface area contributed by atoms with Crippen molar-refractivity contribution in [2.75, 3.05) is 7.05 Å². The molecular weight excluding hydrogens is 302 g/mol. The Labute approximate surface area is 125 Å². The smallest absolute Gasteiger partial charge is 0.229 e. The van der Waals surface area contributed by atoms with Gasteiger partial charge < -0.3 is 4.90 Å². The van der Waals surface area contributed by atoms with E-state index in [1.807, 2.05) is 12.3 Å². The highest BCUT2D eigenvalue weighted by Gasteiger charge is 2.14. The molecule has 0 unspecified atom stereocenters. The molecule has 4 nitrogen and oxygen atoms in total. The number of aromatic nitrogens is 2. The summed E-state index contributed by atoms with van der Waals surface area (Å²) in [4.78, 5) is 23.4. The van der Waals surface area contributed by atoms with Crippen LogP contribution in [0.3, 0.4) is 0 Å². The van der Waals surface area contributed by atoms with Crippen molar-refractivity contribution < 1.29 is 4.79 Å². The quantitative estimate of drug-likeness (QED) is 0.797. The van der Waals surface area contributed by atoms with Crippen LogP contribution in [-0.4, -0.2) is 27.8 Å². The Bertz CT molecular complexity index is 567. The van der Waals surface area contributed by atoms with Crippen LogP contribution in [0.5, 0.6) is 0 Å². The Hall–Kier alpha value is -0.980. The summed E-state index contributed by atoms with van der Waals surface area (Å²) in [6, 6.07) is 0. The van der Waals surface area contributed by atoms with Crippen molar-refractivity contribution in [1.82, 2.24) is 14.9 Å². The van der Waals surface area contributed by atoms with Gasteiger partial charge in [0.1, 0.15) is 5.01 Å². The van der Waals surface area contributed by atoms with Gasteiger partial charge >= 0.3 is 0 Å². The molecule has 0 aliphatic heterocycles. The molecule has 102 valence electrons. The highest BCUT2D eigenvalue weighted by atomic mass is 35.5. The standard InChI is InChI=1S/C12H14ClN3OS2/c1-8-10(19-7-14-8)5-16(2)12(17)3-11-15-9(4-13)6-18-11/h6-7H,3-5H2,1-2H3. The van der Waals surface area contributed by atoms with E-state index in [1.165, 1.54) is 11.3 Å². The molecule has 0 fully saturated rings. The Balaban J connectivity index is 1.94. The van der Waals surface area contributed by atoms with E-state index in [1.54, 1.807) is 28.8 Å². The molecule has 7 heteroatoms. The van der Waals surface area contributed by atoms with Crippen LogP contribution in [0, 0.1) is 6.92 Å². The van der Waals surface area contributed by atoms with Crippen molar-refractivity contribution in [2.45, 2.75) is 25.8 Å². The van der Waals surface area contributed by atoms with Crippen LogP contribution in [0.2, 0.25) is 0 Å². The first-order valence-electron chi connectivity index (χ1n) is 5.72. The summed E-state index contributed by atoms with van der Waals surface area (Å²) in [5.74, 6) is 0.448. The minimum Gasteiger partial charge on any atom is -0.340 e. The van der Waals surface area contributed by atoms with E-state index in [-0.39, 0.29) is 5.91 Å². The zero-order valence-electron chi connectivity index (χ0n) is 10.7. The van der Waals surface area contributed by atoms with Crippen molar-refractivity contribution in [3.8, 4) is 0 Å². The van der Waals surface area contributed by atoms with Crippen LogP contribution in [0.15, 0.2) is 10.9 Å². The fourth-order valence-corrected chi connectivity index (χ4v) is 3.38. The first-order valence-corrected chi connectivity index (χ1v) is 8.01. The summed E-state index contributed by atoms with van der Waals surface area (Å²) in [6.45, 7) is 2.56. The third-order valence-electron chi connectivity index (χ3n) is 2.69. The average Bonchev–Trinajstić information content (AvgIpc) is 2.99. The van der Waals surface area contributed by atoms with Crippen molar-refractivity contribution >= 4 is 40.2 Å². The maximum atomic E-state index is 12.1. The number of aryl methyl sites for hydroxylation is 1. The van der Waals surface area contributed by atoms with E-state index in [2.05, 4.69) is 9.97 Å². The number of hydrogen-bond donors (Lipinski definition) is 0. The summed E-state index contributed by atoms with van der Waals surface area (Å²) >= 11 is 8.75. The lowest BCUT2D eigenvalue weighted by atomic mass is 10.3.